The zero-order valence-corrected chi connectivity index (χ0v) is 12.2. The molecule has 0 aliphatic heterocycles. The second-order valence-electron chi connectivity index (χ2n) is 5.16. The maximum Gasteiger partial charge on any atom is 0.335 e. The zero-order valence-electron chi connectivity index (χ0n) is 12.2. The Labute approximate surface area is 116 Å². The Kier molecular flexibility index (Phi) is 6.57. The van der Waals surface area contributed by atoms with Crippen molar-refractivity contribution < 1.29 is 9.90 Å². The molecule has 1 rings (SSSR count). The highest BCUT2D eigenvalue weighted by molar-refractivity contribution is 5.89. The van der Waals surface area contributed by atoms with Gasteiger partial charge in [0.15, 0.2) is 0 Å². The van der Waals surface area contributed by atoms with Gasteiger partial charge in [-0.3, -0.25) is 0 Å². The third-order valence-corrected chi connectivity index (χ3v) is 3.74. The van der Waals surface area contributed by atoms with Crippen LogP contribution in [0.2, 0.25) is 0 Å². The van der Waals surface area contributed by atoms with E-state index in [4.69, 9.17) is 5.11 Å². The summed E-state index contributed by atoms with van der Waals surface area (Å²) in [4.78, 5) is 13.4. The second-order valence-corrected chi connectivity index (χ2v) is 5.16. The molecule has 0 radical (unpaired) electrons. The predicted molar refractivity (Wildman–Crippen MR) is 78.7 cm³/mol. The van der Waals surface area contributed by atoms with E-state index in [1.807, 2.05) is 12.1 Å². The fourth-order valence-corrected chi connectivity index (χ4v) is 2.34. The van der Waals surface area contributed by atoms with E-state index in [1.165, 1.54) is 12.8 Å². The van der Waals surface area contributed by atoms with E-state index in [0.29, 0.717) is 5.56 Å². The maximum atomic E-state index is 11.1. The molecule has 0 spiro atoms. The van der Waals surface area contributed by atoms with Gasteiger partial charge in [-0.15, -0.1) is 0 Å². The van der Waals surface area contributed by atoms with E-state index in [0.717, 1.165) is 31.0 Å². The molecule has 19 heavy (non-hydrogen) atoms. The van der Waals surface area contributed by atoms with Crippen LogP contribution in [0.1, 0.15) is 42.6 Å². The van der Waals surface area contributed by atoms with Gasteiger partial charge in [-0.25, -0.2) is 4.79 Å². The van der Waals surface area contributed by atoms with Crippen LogP contribution in [-0.4, -0.2) is 36.1 Å². The molecule has 1 aromatic carbocycles. The smallest absolute Gasteiger partial charge is 0.335 e. The Hall–Kier alpha value is -1.35. The van der Waals surface area contributed by atoms with Crippen molar-refractivity contribution in [3.05, 3.63) is 35.4 Å². The van der Waals surface area contributed by atoms with Crippen LogP contribution in [0, 0.1) is 5.92 Å². The highest BCUT2D eigenvalue weighted by atomic mass is 16.4. The lowest BCUT2D eigenvalue weighted by Gasteiger charge is -2.22. The fourth-order valence-electron chi connectivity index (χ4n) is 2.34. The van der Waals surface area contributed by atoms with Gasteiger partial charge in [0, 0.05) is 13.1 Å². The van der Waals surface area contributed by atoms with Crippen LogP contribution in [0.4, 0.5) is 0 Å². The zero-order chi connectivity index (χ0) is 14.3. The molecular weight excluding hydrogens is 238 g/mol. The van der Waals surface area contributed by atoms with Crippen LogP contribution in [0.3, 0.4) is 0 Å². The summed E-state index contributed by atoms with van der Waals surface area (Å²) in [7, 11) is 2.11. The number of carboxylic acid groups (broad SMARTS) is 1. The number of hydrogen-bond acceptors (Lipinski definition) is 2. The average molecular weight is 263 g/mol. The Bertz CT molecular complexity index is 399. The normalized spacial score (nSPS) is 11.2. The highest BCUT2D eigenvalue weighted by Crippen LogP contribution is 2.12. The molecule has 0 aliphatic carbocycles. The van der Waals surface area contributed by atoms with Crippen molar-refractivity contribution in [1.29, 1.82) is 0 Å². The van der Waals surface area contributed by atoms with E-state index in [1.54, 1.807) is 12.1 Å². The number of carbonyl (C=O) groups is 1. The van der Waals surface area contributed by atoms with Crippen molar-refractivity contribution in [2.45, 2.75) is 33.1 Å². The van der Waals surface area contributed by atoms with Gasteiger partial charge in [0.05, 0.1) is 5.56 Å². The number of nitrogens with zero attached hydrogens (tertiary/aromatic N) is 1. The molecule has 0 saturated heterocycles. The first-order chi connectivity index (χ1) is 9.08. The van der Waals surface area contributed by atoms with E-state index in [2.05, 4.69) is 25.8 Å². The third-order valence-electron chi connectivity index (χ3n) is 3.74. The SMILES string of the molecule is CCC(CC)CN(C)CCc1ccccc1C(=O)O. The van der Waals surface area contributed by atoms with E-state index < -0.39 is 5.97 Å². The Balaban J connectivity index is 2.55. The lowest BCUT2D eigenvalue weighted by molar-refractivity contribution is 0.0695. The summed E-state index contributed by atoms with van der Waals surface area (Å²) in [5.41, 5.74) is 1.35. The molecule has 1 N–H and O–H groups in total. The Morgan fingerprint density at radius 3 is 2.47 bits per heavy atom. The minimum absolute atomic E-state index is 0.429. The summed E-state index contributed by atoms with van der Waals surface area (Å²) >= 11 is 0. The molecule has 0 amide bonds. The van der Waals surface area contributed by atoms with Gasteiger partial charge in [0.25, 0.3) is 0 Å². The second kappa shape index (κ2) is 7.95. The molecule has 106 valence electrons. The lowest BCUT2D eigenvalue weighted by Crippen LogP contribution is -2.27. The molecule has 1 aromatic rings. The summed E-state index contributed by atoms with van der Waals surface area (Å²) in [5.74, 6) is -0.0991. The molecule has 0 fully saturated rings. The van der Waals surface area contributed by atoms with Crippen molar-refractivity contribution in [2.75, 3.05) is 20.1 Å². The van der Waals surface area contributed by atoms with Crippen molar-refractivity contribution in [3.63, 3.8) is 0 Å². The Morgan fingerprint density at radius 1 is 1.26 bits per heavy atom. The van der Waals surface area contributed by atoms with Crippen LogP contribution < -0.4 is 0 Å². The molecule has 3 nitrogen and oxygen atoms in total. The van der Waals surface area contributed by atoms with Crippen molar-refractivity contribution >= 4 is 5.97 Å². The molecule has 0 aromatic heterocycles. The quantitative estimate of drug-likeness (QED) is 0.782. The van der Waals surface area contributed by atoms with Gasteiger partial charge < -0.3 is 10.0 Å². The van der Waals surface area contributed by atoms with E-state index >= 15 is 0 Å². The van der Waals surface area contributed by atoms with Gasteiger partial charge >= 0.3 is 5.97 Å². The van der Waals surface area contributed by atoms with Gasteiger partial charge in [-0.2, -0.15) is 0 Å². The summed E-state index contributed by atoms with van der Waals surface area (Å²) in [6.45, 7) is 6.44. The minimum atomic E-state index is -0.835. The van der Waals surface area contributed by atoms with Gasteiger partial charge in [0.1, 0.15) is 0 Å². The number of carboxylic acids is 1. The largest absolute Gasteiger partial charge is 0.478 e. The average Bonchev–Trinajstić information content (AvgIpc) is 2.42. The first-order valence-electron chi connectivity index (χ1n) is 7.08. The summed E-state index contributed by atoms with van der Waals surface area (Å²) in [6, 6.07) is 7.27. The first-order valence-corrected chi connectivity index (χ1v) is 7.08. The summed E-state index contributed by atoms with van der Waals surface area (Å²) in [6.07, 6.45) is 3.19. The Morgan fingerprint density at radius 2 is 1.89 bits per heavy atom. The molecule has 0 saturated carbocycles. The molecule has 0 aliphatic rings. The molecule has 0 bridgehead atoms. The van der Waals surface area contributed by atoms with E-state index in [9.17, 15) is 4.79 Å². The third kappa shape index (κ3) is 5.03. The molecule has 0 atom stereocenters. The number of benzene rings is 1. The summed E-state index contributed by atoms with van der Waals surface area (Å²) in [5, 5.41) is 9.14. The molecule has 0 heterocycles. The van der Waals surface area contributed by atoms with Gasteiger partial charge in [-0.05, 0) is 31.0 Å². The first kappa shape index (κ1) is 15.7. The molecular formula is C16H25NO2. The van der Waals surface area contributed by atoms with E-state index in [-0.39, 0.29) is 0 Å². The number of aromatic carboxylic acids is 1. The van der Waals surface area contributed by atoms with Crippen molar-refractivity contribution in [2.24, 2.45) is 5.92 Å². The maximum absolute atomic E-state index is 11.1. The van der Waals surface area contributed by atoms with Crippen molar-refractivity contribution in [3.8, 4) is 0 Å². The fraction of sp³-hybridized carbons (Fsp3) is 0.562. The van der Waals surface area contributed by atoms with Crippen LogP contribution in [0.25, 0.3) is 0 Å². The van der Waals surface area contributed by atoms with Crippen LogP contribution >= 0.6 is 0 Å². The number of likely N-dealkylation sites (N-methyl/N-ethyl adjacent to an activating group) is 1. The van der Waals surface area contributed by atoms with Crippen molar-refractivity contribution in [1.82, 2.24) is 4.90 Å². The van der Waals surface area contributed by atoms with Gasteiger partial charge in [-0.1, -0.05) is 44.9 Å². The highest BCUT2D eigenvalue weighted by Gasteiger charge is 2.11. The predicted octanol–water partition coefficient (Wildman–Crippen LogP) is 3.30. The summed E-state index contributed by atoms with van der Waals surface area (Å²) < 4.78 is 0. The molecule has 3 heteroatoms. The molecule has 0 unspecified atom stereocenters. The topological polar surface area (TPSA) is 40.5 Å². The van der Waals surface area contributed by atoms with Gasteiger partial charge in [0.2, 0.25) is 0 Å². The number of rotatable bonds is 8. The lowest BCUT2D eigenvalue weighted by atomic mass is 10.0. The van der Waals surface area contributed by atoms with Crippen LogP contribution in [-0.2, 0) is 6.42 Å². The minimum Gasteiger partial charge on any atom is -0.478 e. The van der Waals surface area contributed by atoms with Crippen LogP contribution in [0.5, 0.6) is 0 Å². The monoisotopic (exact) mass is 263 g/mol. The standard InChI is InChI=1S/C16H25NO2/c1-4-13(5-2)12-17(3)11-10-14-8-6-7-9-15(14)16(18)19/h6-9,13H,4-5,10-12H2,1-3H3,(H,18,19). The van der Waals surface area contributed by atoms with Crippen LogP contribution in [0.15, 0.2) is 24.3 Å². The number of hydrogen-bond donors (Lipinski definition) is 1.